The van der Waals surface area contributed by atoms with Crippen molar-refractivity contribution < 1.29 is 9.53 Å². The maximum absolute atomic E-state index is 11.3. The van der Waals surface area contributed by atoms with Gasteiger partial charge < -0.3 is 4.74 Å². The molecule has 1 heterocycles. The summed E-state index contributed by atoms with van der Waals surface area (Å²) in [5.74, 6) is 1.07. The lowest BCUT2D eigenvalue weighted by molar-refractivity contribution is -0.118. The minimum absolute atomic E-state index is 0.301. The summed E-state index contributed by atoms with van der Waals surface area (Å²) in [6.07, 6.45) is 2.00. The molecule has 24 heavy (non-hydrogen) atoms. The predicted molar refractivity (Wildman–Crippen MR) is 101 cm³/mol. The van der Waals surface area contributed by atoms with Gasteiger partial charge in [-0.3, -0.25) is 4.79 Å². The lowest BCUT2D eigenvalue weighted by Crippen LogP contribution is -1.97. The third kappa shape index (κ3) is 4.90. The van der Waals surface area contributed by atoms with Crippen molar-refractivity contribution in [1.82, 2.24) is 4.98 Å². The van der Waals surface area contributed by atoms with Crippen LogP contribution in [-0.2, 0) is 11.2 Å². The van der Waals surface area contributed by atoms with Crippen molar-refractivity contribution in [2.45, 2.75) is 40.0 Å². The Morgan fingerprint density at radius 1 is 1.08 bits per heavy atom. The first kappa shape index (κ1) is 18.1. The normalized spacial score (nSPS) is 10.1. The first-order valence-corrected chi connectivity index (χ1v) is 9.20. The number of nitrogens with zero attached hydrogens (tertiary/aromatic N) is 1. The van der Waals surface area contributed by atoms with Crippen molar-refractivity contribution in [2.24, 2.45) is 0 Å². The van der Waals surface area contributed by atoms with Crippen LogP contribution in [0, 0.1) is 0 Å². The molecule has 0 radical (unpaired) electrons. The highest BCUT2D eigenvalue weighted by Gasteiger charge is 2.06. The van der Waals surface area contributed by atoms with Crippen molar-refractivity contribution in [3.05, 3.63) is 54.1 Å². The summed E-state index contributed by atoms with van der Waals surface area (Å²) in [4.78, 5) is 15.8. The minimum Gasteiger partial charge on any atom is -0.431 e. The van der Waals surface area contributed by atoms with E-state index >= 15 is 0 Å². The molecule has 3 nitrogen and oxygen atoms in total. The van der Waals surface area contributed by atoms with E-state index in [9.17, 15) is 4.79 Å². The molecule has 0 N–H and O–H groups in total. The Bertz CT molecular complexity index is 745. The van der Waals surface area contributed by atoms with E-state index < -0.39 is 0 Å². The summed E-state index contributed by atoms with van der Waals surface area (Å²) in [6.45, 7) is 5.90. The van der Waals surface area contributed by atoms with Gasteiger partial charge in [-0.25, -0.2) is 4.98 Å². The summed E-state index contributed by atoms with van der Waals surface area (Å²) >= 11 is 1.54. The van der Waals surface area contributed by atoms with Gasteiger partial charge in [0.1, 0.15) is 11.5 Å². The number of carbonyl (C=O) groups is 1. The number of carbonyl (C=O) groups excluding carboxylic acids is 1. The van der Waals surface area contributed by atoms with Crippen LogP contribution in [0.5, 0.6) is 10.9 Å². The largest absolute Gasteiger partial charge is 0.431 e. The highest BCUT2D eigenvalue weighted by Crippen LogP contribution is 2.31. The summed E-state index contributed by atoms with van der Waals surface area (Å²) in [5, 5.41) is 0.648. The fourth-order valence-electron chi connectivity index (χ4n) is 2.18. The van der Waals surface area contributed by atoms with Gasteiger partial charge in [-0.15, -0.1) is 0 Å². The van der Waals surface area contributed by atoms with Gasteiger partial charge in [0.25, 0.3) is 5.19 Å². The van der Waals surface area contributed by atoms with E-state index in [4.69, 9.17) is 4.74 Å². The lowest BCUT2D eigenvalue weighted by atomic mass is 10.1. The average molecular weight is 341 g/mol. The summed E-state index contributed by atoms with van der Waals surface area (Å²) < 4.78 is 6.92. The number of benzene rings is 2. The van der Waals surface area contributed by atoms with E-state index in [1.54, 1.807) is 0 Å². The molecule has 3 aromatic rings. The number of hydrogen-bond donors (Lipinski definition) is 0. The monoisotopic (exact) mass is 341 g/mol. The van der Waals surface area contributed by atoms with Gasteiger partial charge in [-0.05, 0) is 36.2 Å². The molecule has 0 atom stereocenters. The number of aromatic nitrogens is 1. The van der Waals surface area contributed by atoms with Crippen LogP contribution in [0.1, 0.15) is 39.2 Å². The molecule has 0 unspecified atom stereocenters. The lowest BCUT2D eigenvalue weighted by Gasteiger charge is -2.03. The van der Waals surface area contributed by atoms with Gasteiger partial charge in [-0.1, -0.05) is 56.4 Å². The van der Waals surface area contributed by atoms with Crippen LogP contribution >= 0.6 is 11.3 Å². The van der Waals surface area contributed by atoms with Crippen LogP contribution in [0.25, 0.3) is 10.2 Å². The molecular formula is C20H23NO2S. The summed E-state index contributed by atoms with van der Waals surface area (Å²) in [5.41, 5.74) is 2.11. The molecule has 126 valence electrons. The third-order valence-corrected chi connectivity index (χ3v) is 4.40. The number of rotatable bonds is 6. The smallest absolute Gasteiger partial charge is 0.279 e. The second kappa shape index (κ2) is 9.18. The third-order valence-electron chi connectivity index (χ3n) is 3.49. The first-order chi connectivity index (χ1) is 11.7. The Morgan fingerprint density at radius 2 is 1.79 bits per heavy atom. The zero-order chi connectivity index (χ0) is 17.4. The molecule has 0 saturated heterocycles. The Morgan fingerprint density at radius 3 is 2.46 bits per heavy atom. The number of fused-ring (bicyclic) bond motifs is 1. The van der Waals surface area contributed by atoms with Gasteiger partial charge in [-0.2, -0.15) is 0 Å². The molecule has 0 saturated carbocycles. The summed E-state index contributed by atoms with van der Waals surface area (Å²) in [7, 11) is 0. The molecule has 0 amide bonds. The molecule has 0 aliphatic heterocycles. The first-order valence-electron chi connectivity index (χ1n) is 8.38. The molecule has 0 fully saturated rings. The second-order valence-electron chi connectivity index (χ2n) is 5.09. The quantitative estimate of drug-likeness (QED) is 0.550. The van der Waals surface area contributed by atoms with E-state index in [0.29, 0.717) is 23.8 Å². The number of ketones is 1. The highest BCUT2D eigenvalue weighted by molar-refractivity contribution is 7.20. The maximum atomic E-state index is 11.3. The van der Waals surface area contributed by atoms with Gasteiger partial charge in [0, 0.05) is 12.8 Å². The minimum atomic E-state index is 0.301. The van der Waals surface area contributed by atoms with Crippen LogP contribution < -0.4 is 4.74 Å². The zero-order valence-electron chi connectivity index (χ0n) is 14.4. The second-order valence-corrected chi connectivity index (χ2v) is 6.08. The van der Waals surface area contributed by atoms with Crippen LogP contribution in [-0.4, -0.2) is 10.8 Å². The van der Waals surface area contributed by atoms with Crippen molar-refractivity contribution in [1.29, 1.82) is 0 Å². The fraction of sp³-hybridized carbons (Fsp3) is 0.300. The predicted octanol–water partition coefficient (Wildman–Crippen LogP) is 6.03. The number of ether oxygens (including phenoxy) is 1. The summed E-state index contributed by atoms with van der Waals surface area (Å²) in [6, 6.07) is 15.8. The maximum Gasteiger partial charge on any atom is 0.279 e. The Hall–Kier alpha value is -2.20. The SMILES string of the molecule is CC.CCC(=O)CCc1ccc(Oc2nc3ccccc3s2)cc1. The van der Waals surface area contributed by atoms with E-state index in [-0.39, 0.29) is 0 Å². The zero-order valence-corrected chi connectivity index (χ0v) is 15.2. The molecule has 2 aromatic carbocycles. The van der Waals surface area contributed by atoms with Crippen LogP contribution in [0.2, 0.25) is 0 Å². The van der Waals surface area contributed by atoms with E-state index in [2.05, 4.69) is 4.98 Å². The molecular weight excluding hydrogens is 318 g/mol. The van der Waals surface area contributed by atoms with Crippen molar-refractivity contribution in [3.8, 4) is 10.9 Å². The molecule has 0 bridgehead atoms. The van der Waals surface area contributed by atoms with E-state index in [1.807, 2.05) is 69.3 Å². The standard InChI is InChI=1S/C18H17NO2S.C2H6/c1-2-14(20)10-7-13-8-11-15(12-9-13)21-18-19-16-5-3-4-6-17(16)22-18;1-2/h3-6,8-9,11-12H,2,7,10H2,1H3;1-2H3. The molecule has 3 rings (SSSR count). The number of aryl methyl sites for hydroxylation is 1. The van der Waals surface area contributed by atoms with E-state index in [0.717, 1.165) is 28.0 Å². The van der Waals surface area contributed by atoms with Crippen LogP contribution in [0.3, 0.4) is 0 Å². The van der Waals surface area contributed by atoms with Crippen molar-refractivity contribution >= 4 is 27.3 Å². The Kier molecular flexibility index (Phi) is 6.94. The van der Waals surface area contributed by atoms with Crippen LogP contribution in [0.15, 0.2) is 48.5 Å². The Balaban J connectivity index is 0.00000100. The van der Waals surface area contributed by atoms with Crippen LogP contribution in [0.4, 0.5) is 0 Å². The van der Waals surface area contributed by atoms with Gasteiger partial charge in [0.15, 0.2) is 0 Å². The number of thiazole rings is 1. The molecule has 0 spiro atoms. The van der Waals surface area contributed by atoms with E-state index in [1.165, 1.54) is 11.3 Å². The average Bonchev–Trinajstić information content (AvgIpc) is 3.04. The van der Waals surface area contributed by atoms with Gasteiger partial charge in [0.2, 0.25) is 0 Å². The molecule has 0 aliphatic carbocycles. The molecule has 1 aromatic heterocycles. The number of para-hydroxylation sites is 1. The molecule has 0 aliphatic rings. The topological polar surface area (TPSA) is 39.2 Å². The molecule has 4 heteroatoms. The van der Waals surface area contributed by atoms with Gasteiger partial charge >= 0.3 is 0 Å². The number of hydrogen-bond acceptors (Lipinski definition) is 4. The van der Waals surface area contributed by atoms with Crippen molar-refractivity contribution in [2.75, 3.05) is 0 Å². The highest BCUT2D eigenvalue weighted by atomic mass is 32.1. The van der Waals surface area contributed by atoms with Gasteiger partial charge in [0.05, 0.1) is 10.2 Å². The fourth-order valence-corrected chi connectivity index (χ4v) is 3.02. The Labute approximate surface area is 147 Å². The number of Topliss-reactive ketones (excluding diaryl/α,β-unsaturated/α-hetero) is 1. The van der Waals surface area contributed by atoms with Crippen molar-refractivity contribution in [3.63, 3.8) is 0 Å².